The number of rotatable bonds is 5. The SMILES string of the molecule is COC(=O)c1ccc(N2CCC(CCn3cnc4ccc(N)cc43)C2)cc1. The number of aryl methyl sites for hydroxylation is 1. The molecule has 27 heavy (non-hydrogen) atoms. The molecule has 6 heteroatoms. The van der Waals surface area contributed by atoms with Crippen LogP contribution in [0.2, 0.25) is 0 Å². The molecule has 1 fully saturated rings. The van der Waals surface area contributed by atoms with Crippen LogP contribution in [-0.4, -0.2) is 35.7 Å². The molecule has 1 saturated heterocycles. The summed E-state index contributed by atoms with van der Waals surface area (Å²) in [5, 5.41) is 0. The molecule has 4 rings (SSSR count). The summed E-state index contributed by atoms with van der Waals surface area (Å²) in [5.74, 6) is 0.345. The van der Waals surface area contributed by atoms with Crippen molar-refractivity contribution in [2.24, 2.45) is 5.92 Å². The lowest BCUT2D eigenvalue weighted by Gasteiger charge is -2.19. The van der Waals surface area contributed by atoms with Gasteiger partial charge in [-0.05, 0) is 61.2 Å². The number of hydrogen-bond donors (Lipinski definition) is 1. The molecule has 0 aliphatic carbocycles. The van der Waals surface area contributed by atoms with Gasteiger partial charge in [0, 0.05) is 31.0 Å². The molecule has 1 aliphatic rings. The topological polar surface area (TPSA) is 73.4 Å². The second-order valence-electron chi connectivity index (χ2n) is 7.11. The average Bonchev–Trinajstić information content (AvgIpc) is 3.32. The lowest BCUT2D eigenvalue weighted by molar-refractivity contribution is 0.0601. The van der Waals surface area contributed by atoms with E-state index in [1.54, 1.807) is 0 Å². The number of fused-ring (bicyclic) bond motifs is 1. The largest absolute Gasteiger partial charge is 0.465 e. The Morgan fingerprint density at radius 1 is 1.26 bits per heavy atom. The Bertz CT molecular complexity index is 948. The molecule has 0 bridgehead atoms. The summed E-state index contributed by atoms with van der Waals surface area (Å²) in [5.41, 5.74) is 10.5. The maximum absolute atomic E-state index is 11.6. The second-order valence-corrected chi connectivity index (χ2v) is 7.11. The third-order valence-corrected chi connectivity index (χ3v) is 5.36. The van der Waals surface area contributed by atoms with E-state index in [1.807, 2.05) is 48.8 Å². The van der Waals surface area contributed by atoms with Gasteiger partial charge in [0.1, 0.15) is 0 Å². The Kier molecular flexibility index (Phi) is 4.71. The van der Waals surface area contributed by atoms with E-state index < -0.39 is 0 Å². The first kappa shape index (κ1) is 17.4. The van der Waals surface area contributed by atoms with Crippen molar-refractivity contribution < 1.29 is 9.53 Å². The van der Waals surface area contributed by atoms with Gasteiger partial charge in [0.25, 0.3) is 0 Å². The number of anilines is 2. The van der Waals surface area contributed by atoms with E-state index in [-0.39, 0.29) is 5.97 Å². The van der Waals surface area contributed by atoms with Gasteiger partial charge in [-0.15, -0.1) is 0 Å². The van der Waals surface area contributed by atoms with Crippen LogP contribution in [0.3, 0.4) is 0 Å². The number of hydrogen-bond acceptors (Lipinski definition) is 5. The molecule has 2 heterocycles. The summed E-state index contributed by atoms with van der Waals surface area (Å²) in [6.45, 7) is 3.02. The molecule has 1 unspecified atom stereocenters. The van der Waals surface area contributed by atoms with E-state index in [0.29, 0.717) is 11.5 Å². The van der Waals surface area contributed by atoms with Crippen molar-refractivity contribution in [1.29, 1.82) is 0 Å². The normalized spacial score (nSPS) is 16.8. The van der Waals surface area contributed by atoms with Crippen molar-refractivity contribution in [2.75, 3.05) is 30.8 Å². The maximum Gasteiger partial charge on any atom is 0.337 e. The zero-order valence-electron chi connectivity index (χ0n) is 15.5. The third-order valence-electron chi connectivity index (χ3n) is 5.36. The number of esters is 1. The van der Waals surface area contributed by atoms with Gasteiger partial charge < -0.3 is 19.9 Å². The van der Waals surface area contributed by atoms with Gasteiger partial charge >= 0.3 is 5.97 Å². The van der Waals surface area contributed by atoms with E-state index in [4.69, 9.17) is 10.5 Å². The number of methoxy groups -OCH3 is 1. The standard InChI is InChI=1S/C21H24N4O2/c1-27-21(26)16-2-5-18(6-3-16)24-10-8-15(13-24)9-11-25-14-23-19-7-4-17(22)12-20(19)25/h2-7,12,14-15H,8-11,13,22H2,1H3. The van der Waals surface area contributed by atoms with Crippen LogP contribution in [0.1, 0.15) is 23.2 Å². The van der Waals surface area contributed by atoms with Crippen LogP contribution in [-0.2, 0) is 11.3 Å². The second kappa shape index (κ2) is 7.31. The number of ether oxygens (including phenoxy) is 1. The van der Waals surface area contributed by atoms with Crippen molar-refractivity contribution in [3.8, 4) is 0 Å². The van der Waals surface area contributed by atoms with Gasteiger partial charge in [-0.2, -0.15) is 0 Å². The van der Waals surface area contributed by atoms with Crippen LogP contribution >= 0.6 is 0 Å². The summed E-state index contributed by atoms with van der Waals surface area (Å²) in [7, 11) is 1.40. The Balaban J connectivity index is 1.37. The molecular weight excluding hydrogens is 340 g/mol. The van der Waals surface area contributed by atoms with Gasteiger partial charge in [-0.1, -0.05) is 0 Å². The molecule has 2 N–H and O–H groups in total. The van der Waals surface area contributed by atoms with E-state index in [9.17, 15) is 4.79 Å². The number of aromatic nitrogens is 2. The van der Waals surface area contributed by atoms with Crippen LogP contribution in [0.25, 0.3) is 11.0 Å². The minimum absolute atomic E-state index is 0.297. The number of nitrogens with zero attached hydrogens (tertiary/aromatic N) is 3. The Morgan fingerprint density at radius 2 is 2.07 bits per heavy atom. The van der Waals surface area contributed by atoms with Crippen LogP contribution in [0.5, 0.6) is 0 Å². The van der Waals surface area contributed by atoms with E-state index in [1.165, 1.54) is 13.5 Å². The minimum atomic E-state index is -0.297. The van der Waals surface area contributed by atoms with Crippen molar-refractivity contribution in [1.82, 2.24) is 9.55 Å². The molecule has 3 aromatic rings. The Morgan fingerprint density at radius 3 is 2.85 bits per heavy atom. The molecule has 2 aromatic carbocycles. The van der Waals surface area contributed by atoms with Gasteiger partial charge in [0.15, 0.2) is 0 Å². The Hall–Kier alpha value is -3.02. The number of benzene rings is 2. The minimum Gasteiger partial charge on any atom is -0.465 e. The fourth-order valence-corrected chi connectivity index (χ4v) is 3.80. The van der Waals surface area contributed by atoms with E-state index in [2.05, 4.69) is 14.5 Å². The van der Waals surface area contributed by atoms with Gasteiger partial charge in [-0.3, -0.25) is 0 Å². The fourth-order valence-electron chi connectivity index (χ4n) is 3.80. The third kappa shape index (κ3) is 3.60. The summed E-state index contributed by atoms with van der Waals surface area (Å²) in [6, 6.07) is 13.5. The summed E-state index contributed by atoms with van der Waals surface area (Å²) in [4.78, 5) is 18.4. The first-order valence-electron chi connectivity index (χ1n) is 9.28. The zero-order chi connectivity index (χ0) is 18.8. The summed E-state index contributed by atoms with van der Waals surface area (Å²) < 4.78 is 6.95. The number of nitrogen functional groups attached to an aromatic ring is 1. The zero-order valence-corrected chi connectivity index (χ0v) is 15.5. The van der Waals surface area contributed by atoms with Crippen LogP contribution in [0.15, 0.2) is 48.8 Å². The smallest absolute Gasteiger partial charge is 0.337 e. The van der Waals surface area contributed by atoms with Crippen LogP contribution < -0.4 is 10.6 Å². The molecule has 0 saturated carbocycles. The van der Waals surface area contributed by atoms with Crippen molar-refractivity contribution in [3.05, 3.63) is 54.4 Å². The molecule has 140 valence electrons. The van der Waals surface area contributed by atoms with Crippen molar-refractivity contribution in [2.45, 2.75) is 19.4 Å². The number of carbonyl (C=O) groups is 1. The molecule has 1 aromatic heterocycles. The molecule has 0 spiro atoms. The molecule has 1 aliphatic heterocycles. The van der Waals surface area contributed by atoms with Gasteiger partial charge in [-0.25, -0.2) is 9.78 Å². The average molecular weight is 364 g/mol. The van der Waals surface area contributed by atoms with E-state index >= 15 is 0 Å². The molecule has 0 radical (unpaired) electrons. The predicted octanol–water partition coefficient (Wildman–Crippen LogP) is 3.32. The van der Waals surface area contributed by atoms with E-state index in [0.717, 1.165) is 48.5 Å². The highest BCUT2D eigenvalue weighted by Crippen LogP contribution is 2.27. The van der Waals surface area contributed by atoms with Gasteiger partial charge in [0.05, 0.1) is 30.0 Å². The molecule has 1 atom stereocenters. The highest BCUT2D eigenvalue weighted by Gasteiger charge is 2.23. The number of imidazole rings is 1. The molecular formula is C21H24N4O2. The number of carbonyl (C=O) groups excluding carboxylic acids is 1. The molecule has 0 amide bonds. The quantitative estimate of drug-likeness (QED) is 0.555. The van der Waals surface area contributed by atoms with Crippen LogP contribution in [0, 0.1) is 5.92 Å². The van der Waals surface area contributed by atoms with Crippen molar-refractivity contribution >= 4 is 28.4 Å². The molecule has 6 nitrogen and oxygen atoms in total. The highest BCUT2D eigenvalue weighted by atomic mass is 16.5. The Labute approximate surface area is 158 Å². The summed E-state index contributed by atoms with van der Waals surface area (Å²) in [6.07, 6.45) is 4.19. The fraction of sp³-hybridized carbons (Fsp3) is 0.333. The number of nitrogens with two attached hydrogens (primary N) is 1. The lowest BCUT2D eigenvalue weighted by atomic mass is 10.1. The predicted molar refractivity (Wildman–Crippen MR) is 107 cm³/mol. The maximum atomic E-state index is 11.6. The van der Waals surface area contributed by atoms with Crippen molar-refractivity contribution in [3.63, 3.8) is 0 Å². The first-order chi connectivity index (χ1) is 13.1. The summed E-state index contributed by atoms with van der Waals surface area (Å²) >= 11 is 0. The van der Waals surface area contributed by atoms with Crippen LogP contribution in [0.4, 0.5) is 11.4 Å². The lowest BCUT2D eigenvalue weighted by Crippen LogP contribution is -2.20. The van der Waals surface area contributed by atoms with Gasteiger partial charge in [0.2, 0.25) is 0 Å². The first-order valence-corrected chi connectivity index (χ1v) is 9.28. The highest BCUT2D eigenvalue weighted by molar-refractivity contribution is 5.89. The monoisotopic (exact) mass is 364 g/mol.